The largest absolute Gasteiger partial charge is 0.493 e. The van der Waals surface area contributed by atoms with Crippen LogP contribution in [0.3, 0.4) is 0 Å². The molecule has 1 spiro atoms. The molecule has 4 aromatic rings. The average molecular weight is 1130 g/mol. The van der Waals surface area contributed by atoms with E-state index in [0.717, 1.165) is 31.7 Å². The zero-order valence-corrected chi connectivity index (χ0v) is 45.9. The molecule has 2 heterocycles. The number of nitrogen functional groups attached to an aromatic ring is 1. The highest BCUT2D eigenvalue weighted by molar-refractivity contribution is 6.00. The molecule has 0 saturated carbocycles. The van der Waals surface area contributed by atoms with Gasteiger partial charge in [0.25, 0.3) is 0 Å². The maximum Gasteiger partial charge on any atom is 0.415 e. The number of esters is 1. The van der Waals surface area contributed by atoms with Gasteiger partial charge in [-0.25, -0.2) is 14.6 Å². The van der Waals surface area contributed by atoms with Crippen molar-refractivity contribution < 1.29 is 62.7 Å². The van der Waals surface area contributed by atoms with Gasteiger partial charge in [0, 0.05) is 57.7 Å². The van der Waals surface area contributed by atoms with Crippen molar-refractivity contribution in [2.75, 3.05) is 61.0 Å². The van der Waals surface area contributed by atoms with E-state index in [-0.39, 0.29) is 55.4 Å². The Balaban J connectivity index is 0.000000309. The summed E-state index contributed by atoms with van der Waals surface area (Å²) in [6, 6.07) is 18.0. The summed E-state index contributed by atoms with van der Waals surface area (Å²) in [6.45, 7) is 0.376. The second-order valence-corrected chi connectivity index (χ2v) is 20.2. The number of hydrogen-bond donors (Lipinski definition) is 11. The van der Waals surface area contributed by atoms with Crippen LogP contribution >= 0.6 is 0 Å². The van der Waals surface area contributed by atoms with Crippen LogP contribution in [0.2, 0.25) is 0 Å². The molecule has 2 aliphatic heterocycles. The Morgan fingerprint density at radius 1 is 0.915 bits per heavy atom. The third-order valence-corrected chi connectivity index (χ3v) is 14.8. The van der Waals surface area contributed by atoms with E-state index in [0.29, 0.717) is 53.4 Å². The van der Waals surface area contributed by atoms with Gasteiger partial charge in [0.05, 0.1) is 35.9 Å². The number of rotatable bonds is 20. The number of aliphatic imine (C=N–C) groups is 2. The summed E-state index contributed by atoms with van der Waals surface area (Å²) < 4.78 is 23.6. The first-order valence-corrected chi connectivity index (χ1v) is 25.9. The van der Waals surface area contributed by atoms with Crippen LogP contribution in [0.1, 0.15) is 59.7 Å². The summed E-state index contributed by atoms with van der Waals surface area (Å²) in [5.41, 5.74) is 28.1. The zero-order valence-electron chi connectivity index (χ0n) is 45.9. The fourth-order valence-electron chi connectivity index (χ4n) is 10.8. The smallest absolute Gasteiger partial charge is 0.415 e. The number of carbonyl (C=O) groups is 7. The number of benzene rings is 4. The number of fused-ring (bicyclic) bond motifs is 1. The van der Waals surface area contributed by atoms with Gasteiger partial charge < -0.3 is 83.6 Å². The number of guanidine groups is 2. The lowest BCUT2D eigenvalue weighted by Crippen LogP contribution is -2.74. The second-order valence-electron chi connectivity index (χ2n) is 20.2. The maximum absolute atomic E-state index is 14.0. The van der Waals surface area contributed by atoms with Crippen LogP contribution in [-0.4, -0.2) is 175 Å². The van der Waals surface area contributed by atoms with Gasteiger partial charge in [-0.2, -0.15) is 0 Å². The Hall–Kier alpha value is -9.50. The van der Waals surface area contributed by atoms with E-state index >= 15 is 0 Å². The van der Waals surface area contributed by atoms with Crippen LogP contribution in [-0.2, 0) is 40.5 Å². The lowest BCUT2D eigenvalue weighted by molar-refractivity contribution is -0.163. The van der Waals surface area contributed by atoms with Crippen molar-refractivity contribution in [2.24, 2.45) is 38.7 Å². The summed E-state index contributed by atoms with van der Waals surface area (Å²) in [5, 5.41) is 38.6. The normalized spacial score (nSPS) is 19.5. The molecule has 4 aromatic carbocycles. The minimum atomic E-state index is -1.48. The Labute approximate surface area is 471 Å². The van der Waals surface area contributed by atoms with Crippen molar-refractivity contribution in [2.45, 2.75) is 74.3 Å². The molecule has 0 aromatic heterocycles. The summed E-state index contributed by atoms with van der Waals surface area (Å²) in [7, 11) is 5.99. The number of likely N-dealkylation sites (tertiary alicyclic amines) is 1. The number of aliphatic hydroxyl groups is 1. The summed E-state index contributed by atoms with van der Waals surface area (Å²) in [6.07, 6.45) is 1.20. The lowest BCUT2D eigenvalue weighted by Gasteiger charge is -2.61. The predicted octanol–water partition coefficient (Wildman–Crippen LogP) is -0.00843. The molecule has 436 valence electrons. The molecule has 8 rings (SSSR count). The van der Waals surface area contributed by atoms with Gasteiger partial charge in [0.15, 0.2) is 29.5 Å². The number of hydrogen-bond acceptors (Lipinski definition) is 16. The molecule has 2 aliphatic carbocycles. The van der Waals surface area contributed by atoms with E-state index < -0.39 is 90.5 Å². The molecule has 6 atom stereocenters. The van der Waals surface area contributed by atoms with Gasteiger partial charge >= 0.3 is 18.0 Å². The number of methoxy groups -OCH3 is 1. The number of amidine groups is 1. The fraction of sp³-hybridized carbons (Fsp3) is 0.382. The zero-order chi connectivity index (χ0) is 59.8. The van der Waals surface area contributed by atoms with Gasteiger partial charge in [0.1, 0.15) is 36.0 Å². The minimum absolute atomic E-state index is 0.00609. The number of carboxylic acid groups (broad SMARTS) is 1. The molecule has 27 nitrogen and oxygen atoms in total. The lowest BCUT2D eigenvalue weighted by atomic mass is 9.50. The summed E-state index contributed by atoms with van der Waals surface area (Å²) in [4.78, 5) is 101. The molecule has 4 aliphatic rings. The summed E-state index contributed by atoms with van der Waals surface area (Å²) >= 11 is 0. The van der Waals surface area contributed by atoms with Gasteiger partial charge in [-0.15, -0.1) is 0 Å². The quantitative estimate of drug-likeness (QED) is 0.0182. The van der Waals surface area contributed by atoms with Gasteiger partial charge in [-0.1, -0.05) is 24.3 Å². The molecule has 27 heteroatoms. The first-order chi connectivity index (χ1) is 38.9. The van der Waals surface area contributed by atoms with E-state index in [1.165, 1.54) is 28.1 Å². The van der Waals surface area contributed by atoms with Gasteiger partial charge in [-0.3, -0.25) is 39.3 Å². The average Bonchev–Trinajstić information content (AvgIpc) is 1.64. The van der Waals surface area contributed by atoms with E-state index in [2.05, 4.69) is 30.8 Å². The van der Waals surface area contributed by atoms with Crippen molar-refractivity contribution in [3.8, 4) is 17.2 Å². The van der Waals surface area contributed by atoms with Crippen LogP contribution in [0.4, 0.5) is 10.5 Å². The molecule has 82 heavy (non-hydrogen) atoms. The van der Waals surface area contributed by atoms with E-state index in [4.69, 9.17) is 53.0 Å². The van der Waals surface area contributed by atoms with Crippen molar-refractivity contribution in [3.63, 3.8) is 0 Å². The number of piperidine rings is 1. The standard InChI is InChI=1S/C36H51N9O11.C19H17N5O2/c1-19(46)40-17-26(47)42-21(7-6-13-39-33(37)38)31(50)41-16-22(32(51)44(3)18-27(48)49)45(4)34(52)55-24-10-11-36(53)25-15-20-8-9-23(54-5)29-28(20)35(36,30(24)56-29)12-14-43(25)2;20-17(21)14-2-1-13-10-16(8-5-12(13)9-14)26-18(25)11-3-6-15(7-4-11)24-19(22)23/h8-10,21-22,25,30,53H,6-7,11-18H2,1-5H3,(H,40,46)(H,41,50)(H,42,47)(H,48,49)(H4,37,38,39);1-10H,(H3,20,21)(H4,22,23,24)/t21-,22-,25+,30-,35-,36+;/m0./s1. The van der Waals surface area contributed by atoms with Crippen LogP contribution in [0.5, 0.6) is 17.2 Å². The van der Waals surface area contributed by atoms with Crippen molar-refractivity contribution in [3.05, 3.63) is 107 Å². The molecule has 2 bridgehead atoms. The topological polar surface area (TPSA) is 421 Å². The molecular weight excluding hydrogens is 1060 g/mol. The number of amides is 5. The number of aliphatic carboxylic acids is 1. The maximum atomic E-state index is 14.0. The second kappa shape index (κ2) is 25.3. The van der Waals surface area contributed by atoms with Crippen molar-refractivity contribution in [1.29, 1.82) is 5.41 Å². The Bertz CT molecular complexity index is 3250. The highest BCUT2D eigenvalue weighted by atomic mass is 16.6. The Morgan fingerprint density at radius 3 is 2.27 bits per heavy atom. The van der Waals surface area contributed by atoms with Crippen LogP contribution in [0.15, 0.2) is 94.6 Å². The molecule has 0 radical (unpaired) electrons. The number of nitrogens with two attached hydrogens (primary N) is 5. The number of carboxylic acids is 1. The fourth-order valence-corrected chi connectivity index (χ4v) is 10.8. The highest BCUT2D eigenvalue weighted by Gasteiger charge is 2.72. The van der Waals surface area contributed by atoms with Crippen LogP contribution in [0.25, 0.3) is 10.8 Å². The Kier molecular flexibility index (Phi) is 18.6. The third kappa shape index (κ3) is 13.1. The number of carbonyl (C=O) groups excluding carboxylic acids is 6. The van der Waals surface area contributed by atoms with Crippen molar-refractivity contribution in [1.82, 2.24) is 30.7 Å². The molecular formula is C55H68N14O13. The van der Waals surface area contributed by atoms with E-state index in [1.54, 1.807) is 48.5 Å². The molecule has 16 N–H and O–H groups in total. The Morgan fingerprint density at radius 2 is 1.61 bits per heavy atom. The first kappa shape index (κ1) is 60.1. The first-order valence-electron chi connectivity index (χ1n) is 25.9. The number of likely N-dealkylation sites (N-methyl/N-ethyl adjacent to an activating group) is 3. The van der Waals surface area contributed by atoms with Gasteiger partial charge in [-0.05, 0) is 110 Å². The highest BCUT2D eigenvalue weighted by Crippen LogP contribution is 2.65. The third-order valence-electron chi connectivity index (χ3n) is 14.8. The minimum Gasteiger partial charge on any atom is -0.493 e. The van der Waals surface area contributed by atoms with Crippen LogP contribution < -0.4 is 58.8 Å². The number of nitrogens with one attached hydrogen (secondary N) is 4. The molecule has 0 unspecified atom stereocenters. The van der Waals surface area contributed by atoms with Crippen LogP contribution in [0, 0.1) is 5.41 Å². The van der Waals surface area contributed by atoms with Gasteiger partial charge in [0.2, 0.25) is 23.6 Å². The van der Waals surface area contributed by atoms with E-state index in [9.17, 15) is 43.8 Å². The monoisotopic (exact) mass is 1130 g/mol. The molecule has 1 saturated heterocycles. The number of ether oxygens (including phenoxy) is 4. The SMILES string of the molecule is COc1ccc2c3c1O[C@H]1C(OC(=O)N(C)[C@@H](CNC(=O)[C@H](CCCN=C(N)N)NC(=O)CNC(C)=O)C(=O)N(C)CC(=O)O)=CC[C@@]4(O)[C@@H](C2)N(C)CC[C@]314.N=C(N)c1ccc2cc(OC(=O)c3ccc(N=C(N)N)cc3)ccc2c1. The van der Waals surface area contributed by atoms with E-state index in [1.807, 2.05) is 37.4 Å². The molecule has 1 fully saturated rings. The molecule has 5 amide bonds. The predicted molar refractivity (Wildman–Crippen MR) is 300 cm³/mol. The number of nitrogens with zero attached hydrogens (tertiary/aromatic N) is 5. The summed E-state index contributed by atoms with van der Waals surface area (Å²) in [5.74, 6) is -3.22. The van der Waals surface area contributed by atoms with Crippen molar-refractivity contribution >= 4 is 75.9 Å².